The number of amides is 2. The van der Waals surface area contributed by atoms with Crippen molar-refractivity contribution in [1.29, 1.82) is 0 Å². The van der Waals surface area contributed by atoms with Crippen LogP contribution in [0.4, 0.5) is 0 Å². The van der Waals surface area contributed by atoms with Gasteiger partial charge in [-0.3, -0.25) is 14.4 Å². The maximum atomic E-state index is 13.6. The number of aliphatic hydroxyl groups excluding tert-OH is 1. The average molecular weight is 459 g/mol. The number of nitrogens with zero attached hydrogens (tertiary/aromatic N) is 2. The number of rotatable bonds is 7. The van der Waals surface area contributed by atoms with Crippen LogP contribution < -0.4 is 0 Å². The Balaban J connectivity index is 2.12. The van der Waals surface area contributed by atoms with E-state index in [1.807, 2.05) is 13.8 Å². The summed E-state index contributed by atoms with van der Waals surface area (Å²) in [4.78, 5) is 41.6. The first kappa shape index (κ1) is 21.3. The van der Waals surface area contributed by atoms with Gasteiger partial charge in [0.2, 0.25) is 11.8 Å². The van der Waals surface area contributed by atoms with Gasteiger partial charge in [-0.25, -0.2) is 0 Å². The molecular formula is C19H27BrN2O6. The summed E-state index contributed by atoms with van der Waals surface area (Å²) < 4.78 is 6.16. The molecule has 3 aliphatic heterocycles. The molecule has 9 heteroatoms. The zero-order valence-electron chi connectivity index (χ0n) is 16.2. The second-order valence-electron chi connectivity index (χ2n) is 8.15. The van der Waals surface area contributed by atoms with E-state index < -0.39 is 47.5 Å². The monoisotopic (exact) mass is 458 g/mol. The Hall–Kier alpha value is -1.45. The smallest absolute Gasteiger partial charge is 0.310 e. The maximum Gasteiger partial charge on any atom is 0.310 e. The third-order valence-electron chi connectivity index (χ3n) is 6.22. The Bertz CT molecular complexity index is 700. The van der Waals surface area contributed by atoms with Crippen LogP contribution in [-0.4, -0.2) is 85.6 Å². The van der Waals surface area contributed by atoms with Crippen molar-refractivity contribution in [3.05, 3.63) is 12.7 Å². The molecular weight excluding hydrogens is 432 g/mol. The van der Waals surface area contributed by atoms with Crippen LogP contribution in [0.25, 0.3) is 0 Å². The van der Waals surface area contributed by atoms with Gasteiger partial charge in [-0.2, -0.15) is 0 Å². The number of alkyl halides is 1. The number of carboxylic acid groups (broad SMARTS) is 1. The molecule has 8 nitrogen and oxygen atoms in total. The molecule has 3 fully saturated rings. The Morgan fingerprint density at radius 2 is 2.11 bits per heavy atom. The second kappa shape index (κ2) is 7.42. The van der Waals surface area contributed by atoms with E-state index in [2.05, 4.69) is 22.5 Å². The number of carboxylic acids is 1. The van der Waals surface area contributed by atoms with Gasteiger partial charge < -0.3 is 24.7 Å². The van der Waals surface area contributed by atoms with E-state index in [-0.39, 0.29) is 23.4 Å². The number of hydrogen-bond acceptors (Lipinski definition) is 5. The summed E-state index contributed by atoms with van der Waals surface area (Å²) in [6, 6.07) is -1.76. The molecule has 3 rings (SSSR count). The molecule has 0 aromatic carbocycles. The zero-order valence-corrected chi connectivity index (χ0v) is 17.8. The topological polar surface area (TPSA) is 107 Å². The minimum atomic E-state index is -1.21. The highest BCUT2D eigenvalue weighted by Crippen LogP contribution is 2.60. The molecule has 2 N–H and O–H groups in total. The maximum absolute atomic E-state index is 13.6. The van der Waals surface area contributed by atoms with Gasteiger partial charge in [0, 0.05) is 17.4 Å². The molecule has 1 unspecified atom stereocenters. The van der Waals surface area contributed by atoms with E-state index in [0.29, 0.717) is 13.0 Å². The van der Waals surface area contributed by atoms with Gasteiger partial charge in [-0.05, 0) is 27.2 Å². The van der Waals surface area contributed by atoms with Gasteiger partial charge in [-0.15, -0.1) is 6.58 Å². The van der Waals surface area contributed by atoms with Gasteiger partial charge in [0.1, 0.15) is 11.6 Å². The highest BCUT2D eigenvalue weighted by atomic mass is 79.9. The van der Waals surface area contributed by atoms with Crippen molar-refractivity contribution in [2.24, 2.45) is 11.8 Å². The normalized spacial score (nSPS) is 37.3. The Morgan fingerprint density at radius 3 is 2.61 bits per heavy atom. The van der Waals surface area contributed by atoms with E-state index in [4.69, 9.17) is 4.74 Å². The molecule has 0 saturated carbocycles. The lowest BCUT2D eigenvalue weighted by Crippen LogP contribution is -2.59. The number of ether oxygens (including phenoxy) is 1. The van der Waals surface area contributed by atoms with Crippen LogP contribution in [0.15, 0.2) is 12.7 Å². The van der Waals surface area contributed by atoms with Crippen molar-refractivity contribution in [2.75, 3.05) is 13.2 Å². The van der Waals surface area contributed by atoms with E-state index >= 15 is 0 Å². The summed E-state index contributed by atoms with van der Waals surface area (Å²) in [7, 11) is 0. The first-order chi connectivity index (χ1) is 13.1. The molecule has 3 heterocycles. The average Bonchev–Trinajstić information content (AvgIpc) is 3.21. The standard InChI is InChI=1S/C19H27BrN2O6/c1-5-6-21(9(2)3)17(25)15-19-7-11(20)14(28-19)12(18(26)27)13(19)16(24)22(15)10(4)8-23/h5,9-15,23H,1,6-8H2,2-4H3,(H,26,27)/t10-,11?,12-,13+,14-,15-,19+/m1/s1. The molecule has 0 aliphatic carbocycles. The molecule has 3 saturated heterocycles. The van der Waals surface area contributed by atoms with Crippen LogP contribution >= 0.6 is 15.9 Å². The number of carbonyl (C=O) groups is 3. The predicted molar refractivity (Wildman–Crippen MR) is 104 cm³/mol. The summed E-state index contributed by atoms with van der Waals surface area (Å²) in [6.07, 6.45) is 1.31. The predicted octanol–water partition coefficient (Wildman–Crippen LogP) is 0.623. The lowest BCUT2D eigenvalue weighted by Gasteiger charge is -2.39. The number of fused-ring (bicyclic) bond motifs is 1. The van der Waals surface area contributed by atoms with Crippen LogP contribution in [-0.2, 0) is 19.1 Å². The van der Waals surface area contributed by atoms with Gasteiger partial charge >= 0.3 is 5.97 Å². The molecule has 0 aromatic rings. The summed E-state index contributed by atoms with van der Waals surface area (Å²) in [5.74, 6) is -3.81. The van der Waals surface area contributed by atoms with Gasteiger partial charge in [0.15, 0.2) is 0 Å². The fourth-order valence-electron chi connectivity index (χ4n) is 5.04. The SMILES string of the molecule is C=CCN(C(=O)[C@H]1N([C@H](C)CO)C(=O)[C@@H]2[C@@H](C(=O)O)[C@@H]3O[C@@]21CC3Br)C(C)C. The largest absolute Gasteiger partial charge is 0.481 e. The van der Waals surface area contributed by atoms with Crippen LogP contribution in [0, 0.1) is 11.8 Å². The molecule has 1 spiro atoms. The Labute approximate surface area is 172 Å². The van der Waals surface area contributed by atoms with Crippen molar-refractivity contribution in [2.45, 2.75) is 61.8 Å². The number of aliphatic carboxylic acids is 1. The number of hydrogen-bond donors (Lipinski definition) is 2. The quantitative estimate of drug-likeness (QED) is 0.427. The highest BCUT2D eigenvalue weighted by Gasteiger charge is 2.77. The first-order valence-corrected chi connectivity index (χ1v) is 10.4. The zero-order chi connectivity index (χ0) is 21.0. The summed E-state index contributed by atoms with van der Waals surface area (Å²) in [5, 5.41) is 19.5. The van der Waals surface area contributed by atoms with E-state index in [1.54, 1.807) is 17.9 Å². The number of carbonyl (C=O) groups excluding carboxylic acids is 2. The lowest BCUT2D eigenvalue weighted by atomic mass is 9.70. The van der Waals surface area contributed by atoms with Crippen LogP contribution in [0.5, 0.6) is 0 Å². The molecule has 0 radical (unpaired) electrons. The van der Waals surface area contributed by atoms with Gasteiger partial charge in [-0.1, -0.05) is 22.0 Å². The van der Waals surface area contributed by atoms with Crippen molar-refractivity contribution in [3.8, 4) is 0 Å². The Morgan fingerprint density at radius 1 is 1.46 bits per heavy atom. The second-order valence-corrected chi connectivity index (χ2v) is 9.33. The molecule has 7 atom stereocenters. The summed E-state index contributed by atoms with van der Waals surface area (Å²) in [5.41, 5.74) is -1.21. The van der Waals surface area contributed by atoms with Crippen LogP contribution in [0.3, 0.4) is 0 Å². The highest BCUT2D eigenvalue weighted by molar-refractivity contribution is 9.09. The van der Waals surface area contributed by atoms with Crippen LogP contribution in [0.2, 0.25) is 0 Å². The Kier molecular flexibility index (Phi) is 5.64. The molecule has 0 aromatic heterocycles. The van der Waals surface area contributed by atoms with Crippen molar-refractivity contribution >= 4 is 33.7 Å². The number of halogens is 1. The number of aliphatic hydroxyl groups is 1. The molecule has 2 amide bonds. The molecule has 156 valence electrons. The molecule has 28 heavy (non-hydrogen) atoms. The third kappa shape index (κ3) is 2.81. The summed E-state index contributed by atoms with van der Waals surface area (Å²) in [6.45, 7) is 9.06. The molecule has 3 aliphatic rings. The van der Waals surface area contributed by atoms with E-state index in [0.717, 1.165) is 0 Å². The third-order valence-corrected chi connectivity index (χ3v) is 7.06. The lowest BCUT2D eigenvalue weighted by molar-refractivity contribution is -0.153. The van der Waals surface area contributed by atoms with Crippen LogP contribution in [0.1, 0.15) is 27.2 Å². The fourth-order valence-corrected chi connectivity index (χ4v) is 5.99. The minimum absolute atomic E-state index is 0.143. The van der Waals surface area contributed by atoms with Gasteiger partial charge in [0.05, 0.1) is 30.6 Å². The van der Waals surface area contributed by atoms with Crippen molar-refractivity contribution < 1.29 is 29.3 Å². The minimum Gasteiger partial charge on any atom is -0.481 e. The number of likely N-dealkylation sites (tertiary alicyclic amines) is 1. The van der Waals surface area contributed by atoms with Gasteiger partial charge in [0.25, 0.3) is 0 Å². The van der Waals surface area contributed by atoms with E-state index in [1.165, 1.54) is 4.90 Å². The van der Waals surface area contributed by atoms with E-state index in [9.17, 15) is 24.6 Å². The fraction of sp³-hybridized carbons (Fsp3) is 0.737. The molecule has 2 bridgehead atoms. The summed E-state index contributed by atoms with van der Waals surface area (Å²) >= 11 is 3.49. The van der Waals surface area contributed by atoms with Crippen molar-refractivity contribution in [1.82, 2.24) is 9.80 Å². The van der Waals surface area contributed by atoms with Crippen molar-refractivity contribution in [3.63, 3.8) is 0 Å². The first-order valence-electron chi connectivity index (χ1n) is 9.51.